The molecule has 0 saturated carbocycles. The highest BCUT2D eigenvalue weighted by molar-refractivity contribution is 5.91. The van der Waals surface area contributed by atoms with Crippen molar-refractivity contribution in [2.24, 2.45) is 0 Å². The van der Waals surface area contributed by atoms with Crippen LogP contribution >= 0.6 is 0 Å². The second-order valence-electron chi connectivity index (χ2n) is 3.92. The third-order valence-electron chi connectivity index (χ3n) is 2.68. The first-order valence-corrected chi connectivity index (χ1v) is 4.83. The molecule has 0 radical (unpaired) electrons. The van der Waals surface area contributed by atoms with E-state index in [-0.39, 0.29) is 5.78 Å². The first-order valence-electron chi connectivity index (χ1n) is 4.83. The summed E-state index contributed by atoms with van der Waals surface area (Å²) in [6, 6.07) is 1.77. The molecule has 4 heteroatoms. The number of ketones is 1. The van der Waals surface area contributed by atoms with Crippen LogP contribution in [0.3, 0.4) is 0 Å². The molecule has 76 valence electrons. The maximum atomic E-state index is 11.0. The van der Waals surface area contributed by atoms with Gasteiger partial charge in [0, 0.05) is 25.5 Å². The average Bonchev–Trinajstić information content (AvgIpc) is 2.70. The van der Waals surface area contributed by atoms with Crippen LogP contribution in [-0.2, 0) is 0 Å². The lowest BCUT2D eigenvalue weighted by molar-refractivity contribution is 0.100. The van der Waals surface area contributed by atoms with E-state index in [1.807, 2.05) is 0 Å². The molecule has 0 bridgehead atoms. The molecule has 0 spiro atoms. The van der Waals surface area contributed by atoms with E-state index in [4.69, 9.17) is 4.52 Å². The van der Waals surface area contributed by atoms with Crippen molar-refractivity contribution in [1.82, 2.24) is 10.1 Å². The minimum absolute atomic E-state index is 0.0358. The molecule has 14 heavy (non-hydrogen) atoms. The second kappa shape index (κ2) is 3.53. The van der Waals surface area contributed by atoms with Crippen LogP contribution < -0.4 is 0 Å². The molecular formula is C10H14N2O2. The fourth-order valence-electron chi connectivity index (χ4n) is 1.81. The van der Waals surface area contributed by atoms with Crippen LogP contribution in [0.2, 0.25) is 0 Å². The van der Waals surface area contributed by atoms with Crippen molar-refractivity contribution in [2.75, 3.05) is 20.1 Å². The lowest BCUT2D eigenvalue weighted by Crippen LogP contribution is -2.13. The summed E-state index contributed by atoms with van der Waals surface area (Å²) in [5.41, 5.74) is 0.439. The average molecular weight is 194 g/mol. The fraction of sp³-hybridized carbons (Fsp3) is 0.600. The van der Waals surface area contributed by atoms with E-state index in [1.165, 1.54) is 6.92 Å². The second-order valence-corrected chi connectivity index (χ2v) is 3.92. The number of hydrogen-bond donors (Lipinski definition) is 0. The van der Waals surface area contributed by atoms with E-state index in [2.05, 4.69) is 17.1 Å². The molecule has 1 aliphatic heterocycles. The van der Waals surface area contributed by atoms with Crippen LogP contribution in [0.5, 0.6) is 0 Å². The van der Waals surface area contributed by atoms with Gasteiger partial charge < -0.3 is 9.42 Å². The van der Waals surface area contributed by atoms with Gasteiger partial charge in [0.1, 0.15) is 11.5 Å². The quantitative estimate of drug-likeness (QED) is 0.666. The largest absolute Gasteiger partial charge is 0.360 e. The zero-order valence-electron chi connectivity index (χ0n) is 8.49. The van der Waals surface area contributed by atoms with Gasteiger partial charge in [-0.2, -0.15) is 0 Å². The zero-order valence-corrected chi connectivity index (χ0v) is 8.49. The third-order valence-corrected chi connectivity index (χ3v) is 2.68. The van der Waals surface area contributed by atoms with Crippen molar-refractivity contribution in [3.05, 3.63) is 17.5 Å². The highest BCUT2D eigenvalue weighted by Crippen LogP contribution is 2.26. The van der Waals surface area contributed by atoms with Gasteiger partial charge in [-0.1, -0.05) is 5.16 Å². The number of aromatic nitrogens is 1. The first-order chi connectivity index (χ1) is 6.66. The number of likely N-dealkylation sites (N-methyl/N-ethyl adjacent to an activating group) is 1. The van der Waals surface area contributed by atoms with E-state index in [1.54, 1.807) is 6.07 Å². The molecule has 1 saturated heterocycles. The summed E-state index contributed by atoms with van der Waals surface area (Å²) in [7, 11) is 2.09. The van der Waals surface area contributed by atoms with Crippen molar-refractivity contribution in [2.45, 2.75) is 19.3 Å². The van der Waals surface area contributed by atoms with Gasteiger partial charge in [-0.15, -0.1) is 0 Å². The SMILES string of the molecule is CC(=O)c1cc(C2CCN(C)C2)on1. The van der Waals surface area contributed by atoms with Crippen molar-refractivity contribution in [3.63, 3.8) is 0 Å². The minimum Gasteiger partial charge on any atom is -0.360 e. The van der Waals surface area contributed by atoms with E-state index in [0.717, 1.165) is 25.3 Å². The van der Waals surface area contributed by atoms with Crippen LogP contribution in [0.25, 0.3) is 0 Å². The van der Waals surface area contributed by atoms with Crippen LogP contribution in [0.15, 0.2) is 10.6 Å². The van der Waals surface area contributed by atoms with Crippen LogP contribution in [-0.4, -0.2) is 36.0 Å². The van der Waals surface area contributed by atoms with E-state index >= 15 is 0 Å². The van der Waals surface area contributed by atoms with Gasteiger partial charge in [-0.25, -0.2) is 0 Å². The van der Waals surface area contributed by atoms with E-state index in [0.29, 0.717) is 11.6 Å². The van der Waals surface area contributed by atoms with Crippen molar-refractivity contribution in [3.8, 4) is 0 Å². The maximum Gasteiger partial charge on any atom is 0.181 e. The number of carbonyl (C=O) groups is 1. The Bertz CT molecular complexity index is 346. The molecule has 1 fully saturated rings. The Morgan fingerprint density at radius 3 is 3.00 bits per heavy atom. The molecule has 1 aliphatic rings. The molecule has 4 nitrogen and oxygen atoms in total. The highest BCUT2D eigenvalue weighted by atomic mass is 16.5. The summed E-state index contributed by atoms with van der Waals surface area (Å²) in [4.78, 5) is 13.3. The molecular weight excluding hydrogens is 180 g/mol. The molecule has 1 unspecified atom stereocenters. The number of likely N-dealkylation sites (tertiary alicyclic amines) is 1. The lowest BCUT2D eigenvalue weighted by atomic mass is 10.1. The first kappa shape index (κ1) is 9.40. The molecule has 0 N–H and O–H groups in total. The predicted octanol–water partition coefficient (Wildman–Crippen LogP) is 1.30. The number of carbonyl (C=O) groups excluding carboxylic acids is 1. The number of rotatable bonds is 2. The Hall–Kier alpha value is -1.16. The fourth-order valence-corrected chi connectivity index (χ4v) is 1.81. The van der Waals surface area contributed by atoms with Crippen molar-refractivity contribution in [1.29, 1.82) is 0 Å². The van der Waals surface area contributed by atoms with Gasteiger partial charge >= 0.3 is 0 Å². The van der Waals surface area contributed by atoms with E-state index in [9.17, 15) is 4.79 Å². The van der Waals surface area contributed by atoms with Gasteiger partial charge in [0.05, 0.1) is 0 Å². The normalized spacial score (nSPS) is 22.9. The standard InChI is InChI=1S/C10H14N2O2/c1-7(13)9-5-10(14-11-9)8-3-4-12(2)6-8/h5,8H,3-4,6H2,1-2H3. The Morgan fingerprint density at radius 1 is 1.71 bits per heavy atom. The third kappa shape index (κ3) is 1.70. The summed E-state index contributed by atoms with van der Waals surface area (Å²) >= 11 is 0. The number of nitrogens with zero attached hydrogens (tertiary/aromatic N) is 2. The predicted molar refractivity (Wildman–Crippen MR) is 51.4 cm³/mol. The molecule has 1 aromatic heterocycles. The molecule has 1 atom stereocenters. The summed E-state index contributed by atoms with van der Waals surface area (Å²) in [6.07, 6.45) is 1.09. The monoisotopic (exact) mass is 194 g/mol. The molecule has 2 rings (SSSR count). The Kier molecular flexibility index (Phi) is 2.37. The van der Waals surface area contributed by atoms with E-state index < -0.39 is 0 Å². The number of Topliss-reactive ketones (excluding diaryl/α,β-unsaturated/α-hetero) is 1. The topological polar surface area (TPSA) is 46.3 Å². The highest BCUT2D eigenvalue weighted by Gasteiger charge is 2.25. The molecule has 0 aromatic carbocycles. The molecule has 2 heterocycles. The van der Waals surface area contributed by atoms with Gasteiger partial charge in [0.2, 0.25) is 0 Å². The summed E-state index contributed by atoms with van der Waals surface area (Å²) in [5.74, 6) is 1.21. The van der Waals surface area contributed by atoms with Gasteiger partial charge in [-0.3, -0.25) is 4.79 Å². The zero-order chi connectivity index (χ0) is 10.1. The van der Waals surface area contributed by atoms with Crippen LogP contribution in [0.1, 0.15) is 35.5 Å². The van der Waals surface area contributed by atoms with Gasteiger partial charge in [0.25, 0.3) is 0 Å². The Morgan fingerprint density at radius 2 is 2.50 bits per heavy atom. The lowest BCUT2D eigenvalue weighted by Gasteiger charge is -2.05. The van der Waals surface area contributed by atoms with Crippen molar-refractivity contribution >= 4 is 5.78 Å². The molecule has 1 aromatic rings. The molecule has 0 amide bonds. The number of hydrogen-bond acceptors (Lipinski definition) is 4. The summed E-state index contributed by atoms with van der Waals surface area (Å²) in [5, 5.41) is 3.74. The maximum absolute atomic E-state index is 11.0. The van der Waals surface area contributed by atoms with Crippen LogP contribution in [0, 0.1) is 0 Å². The Balaban J connectivity index is 2.13. The van der Waals surface area contributed by atoms with Gasteiger partial charge in [0.15, 0.2) is 5.78 Å². The summed E-state index contributed by atoms with van der Waals surface area (Å²) < 4.78 is 5.16. The van der Waals surface area contributed by atoms with Gasteiger partial charge in [-0.05, 0) is 20.0 Å². The molecule has 0 aliphatic carbocycles. The van der Waals surface area contributed by atoms with Crippen molar-refractivity contribution < 1.29 is 9.32 Å². The summed E-state index contributed by atoms with van der Waals surface area (Å²) in [6.45, 7) is 3.58. The minimum atomic E-state index is -0.0358. The Labute approximate surface area is 82.9 Å². The van der Waals surface area contributed by atoms with Crippen LogP contribution in [0.4, 0.5) is 0 Å². The smallest absolute Gasteiger partial charge is 0.181 e.